The molecule has 0 saturated heterocycles. The quantitative estimate of drug-likeness (QED) is 0.454. The zero-order valence-corrected chi connectivity index (χ0v) is 9.90. The van der Waals surface area contributed by atoms with E-state index in [9.17, 15) is 0 Å². The summed E-state index contributed by atoms with van der Waals surface area (Å²) < 4.78 is 0. The summed E-state index contributed by atoms with van der Waals surface area (Å²) >= 11 is 5.70. The highest BCUT2D eigenvalue weighted by Crippen LogP contribution is 2.06. The fourth-order valence-corrected chi connectivity index (χ4v) is 1.32. The molecule has 0 aliphatic rings. The van der Waals surface area contributed by atoms with Crippen LogP contribution in [0.25, 0.3) is 0 Å². The summed E-state index contributed by atoms with van der Waals surface area (Å²) in [4.78, 5) is 2.40. The van der Waals surface area contributed by atoms with Crippen LogP contribution in [-0.2, 0) is 0 Å². The SMILES string of the molecule is C=C(CCl)CN(CC)CC(C)CC. The summed E-state index contributed by atoms with van der Waals surface area (Å²) in [6, 6.07) is 0. The summed E-state index contributed by atoms with van der Waals surface area (Å²) in [5.41, 5.74) is 1.12. The number of nitrogens with zero attached hydrogens (tertiary/aromatic N) is 1. The topological polar surface area (TPSA) is 3.24 Å². The molecule has 1 unspecified atom stereocenters. The Balaban J connectivity index is 3.81. The van der Waals surface area contributed by atoms with Crippen LogP contribution in [0.5, 0.6) is 0 Å². The van der Waals surface area contributed by atoms with E-state index < -0.39 is 0 Å². The lowest BCUT2D eigenvalue weighted by Crippen LogP contribution is -2.30. The number of hydrogen-bond acceptors (Lipinski definition) is 1. The first-order chi connectivity index (χ1) is 6.13. The number of rotatable bonds is 7. The Morgan fingerprint density at radius 2 is 2.08 bits per heavy atom. The van der Waals surface area contributed by atoms with Gasteiger partial charge in [-0.05, 0) is 18.0 Å². The number of halogens is 1. The highest BCUT2D eigenvalue weighted by molar-refractivity contribution is 6.19. The highest BCUT2D eigenvalue weighted by atomic mass is 35.5. The first kappa shape index (κ1) is 13.0. The van der Waals surface area contributed by atoms with Gasteiger partial charge in [-0.25, -0.2) is 0 Å². The van der Waals surface area contributed by atoms with Crippen LogP contribution in [0, 0.1) is 5.92 Å². The molecule has 0 radical (unpaired) electrons. The van der Waals surface area contributed by atoms with Crippen LogP contribution in [0.15, 0.2) is 12.2 Å². The van der Waals surface area contributed by atoms with E-state index in [-0.39, 0.29) is 0 Å². The fraction of sp³-hybridized carbons (Fsp3) is 0.818. The molecule has 0 N–H and O–H groups in total. The Hall–Kier alpha value is -0.0100. The second kappa shape index (κ2) is 7.40. The predicted molar refractivity (Wildman–Crippen MR) is 61.4 cm³/mol. The summed E-state index contributed by atoms with van der Waals surface area (Å²) in [7, 11) is 0. The standard InChI is InChI=1S/C11H22ClN/c1-5-10(3)8-13(6-2)9-11(4)7-12/h10H,4-9H2,1-3H3. The molecule has 0 aliphatic carbocycles. The van der Waals surface area contributed by atoms with E-state index in [2.05, 4.69) is 32.3 Å². The minimum atomic E-state index is 0.580. The van der Waals surface area contributed by atoms with Crippen LogP contribution in [-0.4, -0.2) is 30.4 Å². The Morgan fingerprint density at radius 3 is 2.46 bits per heavy atom. The number of alkyl halides is 1. The van der Waals surface area contributed by atoms with Crippen molar-refractivity contribution in [2.45, 2.75) is 27.2 Å². The summed E-state index contributed by atoms with van der Waals surface area (Å²) in [5, 5.41) is 0. The van der Waals surface area contributed by atoms with Crippen molar-refractivity contribution in [2.75, 3.05) is 25.5 Å². The van der Waals surface area contributed by atoms with E-state index in [4.69, 9.17) is 11.6 Å². The van der Waals surface area contributed by atoms with Gasteiger partial charge in [0, 0.05) is 19.0 Å². The van der Waals surface area contributed by atoms with Crippen molar-refractivity contribution in [3.05, 3.63) is 12.2 Å². The molecule has 1 atom stereocenters. The third kappa shape index (κ3) is 6.11. The smallest absolute Gasteiger partial charge is 0.0443 e. The molecule has 0 fully saturated rings. The van der Waals surface area contributed by atoms with Crippen molar-refractivity contribution in [1.29, 1.82) is 0 Å². The zero-order chi connectivity index (χ0) is 10.3. The van der Waals surface area contributed by atoms with Gasteiger partial charge in [-0.3, -0.25) is 4.90 Å². The van der Waals surface area contributed by atoms with E-state index in [0.717, 1.165) is 31.1 Å². The molecule has 0 aromatic heterocycles. The van der Waals surface area contributed by atoms with E-state index in [1.165, 1.54) is 6.42 Å². The first-order valence-electron chi connectivity index (χ1n) is 5.08. The van der Waals surface area contributed by atoms with Crippen molar-refractivity contribution < 1.29 is 0 Å². The van der Waals surface area contributed by atoms with Crippen molar-refractivity contribution in [3.63, 3.8) is 0 Å². The van der Waals surface area contributed by atoms with Gasteiger partial charge >= 0.3 is 0 Å². The van der Waals surface area contributed by atoms with E-state index in [0.29, 0.717) is 5.88 Å². The van der Waals surface area contributed by atoms with Crippen LogP contribution < -0.4 is 0 Å². The molecule has 78 valence electrons. The van der Waals surface area contributed by atoms with Gasteiger partial charge in [0.15, 0.2) is 0 Å². The predicted octanol–water partition coefficient (Wildman–Crippen LogP) is 3.15. The maximum Gasteiger partial charge on any atom is 0.0443 e. The van der Waals surface area contributed by atoms with Gasteiger partial charge in [-0.2, -0.15) is 0 Å². The van der Waals surface area contributed by atoms with Crippen LogP contribution in [0.4, 0.5) is 0 Å². The minimum Gasteiger partial charge on any atom is -0.299 e. The Bertz CT molecular complexity index is 145. The van der Waals surface area contributed by atoms with Crippen LogP contribution in [0.3, 0.4) is 0 Å². The van der Waals surface area contributed by atoms with E-state index in [1.807, 2.05) is 0 Å². The lowest BCUT2D eigenvalue weighted by atomic mass is 10.1. The maximum absolute atomic E-state index is 5.70. The molecule has 0 aromatic carbocycles. The van der Waals surface area contributed by atoms with Crippen molar-refractivity contribution in [2.24, 2.45) is 5.92 Å². The maximum atomic E-state index is 5.70. The Labute approximate surface area is 87.8 Å². The third-order valence-corrected chi connectivity index (χ3v) is 2.73. The van der Waals surface area contributed by atoms with E-state index in [1.54, 1.807) is 0 Å². The molecule has 0 spiro atoms. The van der Waals surface area contributed by atoms with Crippen LogP contribution in [0.2, 0.25) is 0 Å². The van der Waals surface area contributed by atoms with Gasteiger partial charge in [-0.15, -0.1) is 11.6 Å². The number of hydrogen-bond donors (Lipinski definition) is 0. The van der Waals surface area contributed by atoms with Crippen molar-refractivity contribution in [3.8, 4) is 0 Å². The van der Waals surface area contributed by atoms with Crippen molar-refractivity contribution >= 4 is 11.6 Å². The van der Waals surface area contributed by atoms with Crippen LogP contribution in [0.1, 0.15) is 27.2 Å². The van der Waals surface area contributed by atoms with Gasteiger partial charge in [-0.1, -0.05) is 33.8 Å². The second-order valence-electron chi connectivity index (χ2n) is 3.72. The molecule has 2 heteroatoms. The lowest BCUT2D eigenvalue weighted by molar-refractivity contribution is 0.265. The highest BCUT2D eigenvalue weighted by Gasteiger charge is 2.07. The monoisotopic (exact) mass is 203 g/mol. The molecule has 13 heavy (non-hydrogen) atoms. The minimum absolute atomic E-state index is 0.580. The molecular formula is C11H22ClN. The Morgan fingerprint density at radius 1 is 1.46 bits per heavy atom. The molecule has 0 saturated carbocycles. The molecule has 0 aromatic rings. The molecular weight excluding hydrogens is 182 g/mol. The summed E-state index contributed by atoms with van der Waals surface area (Å²) in [5.74, 6) is 1.35. The fourth-order valence-electron chi connectivity index (χ4n) is 1.23. The molecule has 0 bridgehead atoms. The van der Waals surface area contributed by atoms with Gasteiger partial charge in [0.25, 0.3) is 0 Å². The normalized spacial score (nSPS) is 13.3. The van der Waals surface area contributed by atoms with Gasteiger partial charge in [0.05, 0.1) is 0 Å². The summed E-state index contributed by atoms with van der Waals surface area (Å²) in [6.07, 6.45) is 1.24. The zero-order valence-electron chi connectivity index (χ0n) is 9.15. The number of likely N-dealkylation sites (N-methyl/N-ethyl adjacent to an activating group) is 1. The average molecular weight is 204 g/mol. The van der Waals surface area contributed by atoms with Crippen molar-refractivity contribution in [1.82, 2.24) is 4.90 Å². The lowest BCUT2D eigenvalue weighted by Gasteiger charge is -2.24. The summed E-state index contributed by atoms with van der Waals surface area (Å²) in [6.45, 7) is 13.8. The molecule has 0 amide bonds. The van der Waals surface area contributed by atoms with Crippen LogP contribution >= 0.6 is 11.6 Å². The molecule has 0 rings (SSSR count). The molecule has 1 nitrogen and oxygen atoms in total. The second-order valence-corrected chi connectivity index (χ2v) is 3.99. The average Bonchev–Trinajstić information content (AvgIpc) is 2.16. The molecule has 0 heterocycles. The molecule has 0 aliphatic heterocycles. The van der Waals surface area contributed by atoms with E-state index >= 15 is 0 Å². The largest absolute Gasteiger partial charge is 0.299 e. The van der Waals surface area contributed by atoms with Gasteiger partial charge in [0.1, 0.15) is 0 Å². The van der Waals surface area contributed by atoms with Gasteiger partial charge < -0.3 is 0 Å². The van der Waals surface area contributed by atoms with Gasteiger partial charge in [0.2, 0.25) is 0 Å². The Kier molecular flexibility index (Phi) is 7.39. The third-order valence-electron chi connectivity index (χ3n) is 2.35. The first-order valence-corrected chi connectivity index (χ1v) is 5.62.